The summed E-state index contributed by atoms with van der Waals surface area (Å²) >= 11 is 0. The molecule has 1 aromatic carbocycles. The molecule has 0 aliphatic rings. The van der Waals surface area contributed by atoms with Crippen LogP contribution in [0.15, 0.2) is 30.6 Å². The Hall–Kier alpha value is -1.61. The van der Waals surface area contributed by atoms with E-state index in [1.54, 1.807) is 0 Å². The van der Waals surface area contributed by atoms with Crippen molar-refractivity contribution in [1.82, 2.24) is 14.9 Å². The van der Waals surface area contributed by atoms with Crippen molar-refractivity contribution in [3.8, 4) is 11.3 Å². The number of nitrogens with one attached hydrogen (secondary N) is 1. The summed E-state index contributed by atoms with van der Waals surface area (Å²) < 4.78 is 2.11. The molecule has 0 radical (unpaired) electrons. The number of rotatable bonds is 5. The summed E-state index contributed by atoms with van der Waals surface area (Å²) in [6, 6.07) is 8.77. The molecular formula is C16H23N3. The van der Waals surface area contributed by atoms with Gasteiger partial charge in [-0.3, -0.25) is 0 Å². The maximum Gasteiger partial charge on any atom is 0.0953 e. The molecule has 2 aromatic rings. The molecule has 2 rings (SSSR count). The first-order chi connectivity index (χ1) is 9.13. The highest BCUT2D eigenvalue weighted by Crippen LogP contribution is 2.24. The molecule has 0 spiro atoms. The van der Waals surface area contributed by atoms with Crippen molar-refractivity contribution < 1.29 is 0 Å². The number of benzene rings is 1. The first-order valence-electron chi connectivity index (χ1n) is 6.88. The lowest BCUT2D eigenvalue weighted by atomic mass is 10.00. The molecule has 0 aliphatic carbocycles. The molecule has 0 unspecified atom stereocenters. The number of hydrogen-bond acceptors (Lipinski definition) is 2. The van der Waals surface area contributed by atoms with Crippen LogP contribution >= 0.6 is 0 Å². The highest BCUT2D eigenvalue weighted by molar-refractivity contribution is 5.62. The van der Waals surface area contributed by atoms with Crippen LogP contribution in [0.3, 0.4) is 0 Å². The Morgan fingerprint density at radius 3 is 2.47 bits per heavy atom. The van der Waals surface area contributed by atoms with E-state index in [9.17, 15) is 0 Å². The Kier molecular flexibility index (Phi) is 4.38. The van der Waals surface area contributed by atoms with Gasteiger partial charge in [-0.25, -0.2) is 4.98 Å². The topological polar surface area (TPSA) is 29.9 Å². The molecule has 0 saturated carbocycles. The van der Waals surface area contributed by atoms with E-state index in [0.29, 0.717) is 5.92 Å². The molecule has 1 heterocycles. The summed E-state index contributed by atoms with van der Waals surface area (Å²) in [6.07, 6.45) is 2.89. The van der Waals surface area contributed by atoms with Crippen LogP contribution in [0.25, 0.3) is 11.3 Å². The predicted octanol–water partition coefficient (Wildman–Crippen LogP) is 2.97. The lowest BCUT2D eigenvalue weighted by Gasteiger charge is -2.08. The van der Waals surface area contributed by atoms with Gasteiger partial charge < -0.3 is 9.88 Å². The molecule has 0 aliphatic heterocycles. The van der Waals surface area contributed by atoms with Crippen LogP contribution in [0.2, 0.25) is 0 Å². The smallest absolute Gasteiger partial charge is 0.0953 e. The molecule has 0 fully saturated rings. The Labute approximate surface area is 115 Å². The van der Waals surface area contributed by atoms with Gasteiger partial charge in [0, 0.05) is 31.3 Å². The number of aromatic nitrogens is 2. The summed E-state index contributed by atoms with van der Waals surface area (Å²) in [7, 11) is 4.04. The largest absolute Gasteiger partial charge is 0.337 e. The van der Waals surface area contributed by atoms with Crippen LogP contribution in [0, 0.1) is 0 Å². The Morgan fingerprint density at radius 2 is 1.89 bits per heavy atom. The quantitative estimate of drug-likeness (QED) is 0.892. The lowest BCUT2D eigenvalue weighted by molar-refractivity contribution is 0.738. The van der Waals surface area contributed by atoms with Gasteiger partial charge in [-0.15, -0.1) is 0 Å². The molecule has 3 nitrogen and oxygen atoms in total. The Bertz CT molecular complexity index is 523. The second-order valence-electron chi connectivity index (χ2n) is 5.28. The van der Waals surface area contributed by atoms with Gasteiger partial charge in [0.15, 0.2) is 0 Å². The van der Waals surface area contributed by atoms with Gasteiger partial charge in [0.1, 0.15) is 0 Å². The SMILES string of the molecule is CNCCc1c(-c2ccc(C(C)C)cc2)ncn1C. The fourth-order valence-corrected chi connectivity index (χ4v) is 2.26. The fraction of sp³-hybridized carbons (Fsp3) is 0.438. The summed E-state index contributed by atoms with van der Waals surface area (Å²) in [4.78, 5) is 4.55. The highest BCUT2D eigenvalue weighted by atomic mass is 15.0. The van der Waals surface area contributed by atoms with Gasteiger partial charge in [-0.1, -0.05) is 38.1 Å². The van der Waals surface area contributed by atoms with E-state index in [1.165, 1.54) is 16.8 Å². The molecule has 3 heteroatoms. The lowest BCUT2D eigenvalue weighted by Crippen LogP contribution is -2.12. The zero-order valence-electron chi connectivity index (χ0n) is 12.3. The van der Waals surface area contributed by atoms with E-state index < -0.39 is 0 Å². The van der Waals surface area contributed by atoms with Crippen molar-refractivity contribution in [3.63, 3.8) is 0 Å². The third kappa shape index (κ3) is 3.04. The van der Waals surface area contributed by atoms with Crippen molar-refractivity contribution in [2.45, 2.75) is 26.2 Å². The Morgan fingerprint density at radius 1 is 1.21 bits per heavy atom. The summed E-state index contributed by atoms with van der Waals surface area (Å²) in [5, 5.41) is 3.19. The maximum absolute atomic E-state index is 4.55. The van der Waals surface area contributed by atoms with Crippen LogP contribution in [0.1, 0.15) is 31.0 Å². The summed E-state index contributed by atoms with van der Waals surface area (Å²) in [6.45, 7) is 5.40. The number of likely N-dealkylation sites (N-methyl/N-ethyl adjacent to an activating group) is 1. The van der Waals surface area contributed by atoms with Gasteiger partial charge >= 0.3 is 0 Å². The van der Waals surface area contributed by atoms with Gasteiger partial charge in [-0.05, 0) is 18.5 Å². The van der Waals surface area contributed by atoms with Crippen LogP contribution in [0.4, 0.5) is 0 Å². The van der Waals surface area contributed by atoms with Crippen molar-refractivity contribution >= 4 is 0 Å². The second-order valence-corrected chi connectivity index (χ2v) is 5.28. The molecule has 19 heavy (non-hydrogen) atoms. The minimum atomic E-state index is 0.571. The molecule has 0 amide bonds. The van der Waals surface area contributed by atoms with Crippen LogP contribution < -0.4 is 5.32 Å². The standard InChI is InChI=1S/C16H23N3/c1-12(2)13-5-7-14(8-6-13)16-15(9-10-17-3)19(4)11-18-16/h5-8,11-12,17H,9-10H2,1-4H3. The van der Waals surface area contributed by atoms with Crippen molar-refractivity contribution in [1.29, 1.82) is 0 Å². The number of aryl methyl sites for hydroxylation is 1. The van der Waals surface area contributed by atoms with Gasteiger partial charge in [0.2, 0.25) is 0 Å². The number of imidazole rings is 1. The molecule has 0 atom stereocenters. The van der Waals surface area contributed by atoms with Crippen LogP contribution in [-0.4, -0.2) is 23.1 Å². The monoisotopic (exact) mass is 257 g/mol. The van der Waals surface area contributed by atoms with Crippen LogP contribution in [0.5, 0.6) is 0 Å². The summed E-state index contributed by atoms with van der Waals surface area (Å²) in [5.41, 5.74) is 4.97. The Balaban J connectivity index is 2.30. The van der Waals surface area contributed by atoms with E-state index in [1.807, 2.05) is 13.4 Å². The minimum Gasteiger partial charge on any atom is -0.337 e. The van der Waals surface area contributed by atoms with E-state index in [4.69, 9.17) is 0 Å². The average molecular weight is 257 g/mol. The highest BCUT2D eigenvalue weighted by Gasteiger charge is 2.10. The van der Waals surface area contributed by atoms with Crippen molar-refractivity contribution in [3.05, 3.63) is 41.9 Å². The molecule has 0 bridgehead atoms. The van der Waals surface area contributed by atoms with Gasteiger partial charge in [-0.2, -0.15) is 0 Å². The third-order valence-corrected chi connectivity index (χ3v) is 3.52. The first-order valence-corrected chi connectivity index (χ1v) is 6.88. The van der Waals surface area contributed by atoms with Gasteiger partial charge in [0.05, 0.1) is 12.0 Å². The molecule has 102 valence electrons. The fourth-order valence-electron chi connectivity index (χ4n) is 2.26. The van der Waals surface area contributed by atoms with Gasteiger partial charge in [0.25, 0.3) is 0 Å². The third-order valence-electron chi connectivity index (χ3n) is 3.52. The maximum atomic E-state index is 4.55. The normalized spacial score (nSPS) is 11.2. The zero-order valence-corrected chi connectivity index (χ0v) is 12.3. The number of hydrogen-bond donors (Lipinski definition) is 1. The van der Waals surface area contributed by atoms with E-state index >= 15 is 0 Å². The van der Waals surface area contributed by atoms with E-state index in [-0.39, 0.29) is 0 Å². The van der Waals surface area contributed by atoms with Crippen LogP contribution in [-0.2, 0) is 13.5 Å². The van der Waals surface area contributed by atoms with Crippen molar-refractivity contribution in [2.75, 3.05) is 13.6 Å². The number of nitrogens with zero attached hydrogens (tertiary/aromatic N) is 2. The molecule has 0 saturated heterocycles. The van der Waals surface area contributed by atoms with E-state index in [0.717, 1.165) is 18.7 Å². The zero-order chi connectivity index (χ0) is 13.8. The molecular weight excluding hydrogens is 234 g/mol. The molecule has 1 N–H and O–H groups in total. The minimum absolute atomic E-state index is 0.571. The second kappa shape index (κ2) is 6.02. The van der Waals surface area contributed by atoms with E-state index in [2.05, 4.69) is 60.0 Å². The molecule has 1 aromatic heterocycles. The van der Waals surface area contributed by atoms with Crippen molar-refractivity contribution in [2.24, 2.45) is 7.05 Å². The average Bonchev–Trinajstić information content (AvgIpc) is 2.78. The summed E-state index contributed by atoms with van der Waals surface area (Å²) in [5.74, 6) is 0.571. The first kappa shape index (κ1) is 13.8. The predicted molar refractivity (Wildman–Crippen MR) is 80.4 cm³/mol.